The minimum atomic E-state index is -0.131. The summed E-state index contributed by atoms with van der Waals surface area (Å²) in [6.07, 6.45) is 0. The van der Waals surface area contributed by atoms with Crippen LogP contribution in [0.4, 0.5) is 0 Å². The molecule has 0 aliphatic rings. The Balaban J connectivity index is 2.74. The van der Waals surface area contributed by atoms with Gasteiger partial charge in [0.1, 0.15) is 23.9 Å². The molecule has 0 atom stereocenters. The topological polar surface area (TPSA) is 97.2 Å². The van der Waals surface area contributed by atoms with E-state index in [0.717, 1.165) is 0 Å². The van der Waals surface area contributed by atoms with Gasteiger partial charge in [0.2, 0.25) is 0 Å². The van der Waals surface area contributed by atoms with Crippen molar-refractivity contribution in [2.24, 2.45) is 0 Å². The Morgan fingerprint density at radius 3 is 1.83 bits per heavy atom. The molecule has 0 saturated heterocycles. The zero-order valence-corrected chi connectivity index (χ0v) is 9.12. The molecule has 0 spiro atoms. The molecule has 1 aromatic heterocycles. The van der Waals surface area contributed by atoms with E-state index in [-0.39, 0.29) is 17.1 Å². The molecule has 5 nitrogen and oxygen atoms in total. The molecule has 1 aromatic carbocycles. The van der Waals surface area contributed by atoms with Crippen molar-refractivity contribution in [3.05, 3.63) is 47.4 Å². The first kappa shape index (κ1) is 11.3. The Hall–Kier alpha value is -3.23. The van der Waals surface area contributed by atoms with E-state index in [2.05, 4.69) is 9.97 Å². The molecule has 0 amide bonds. The van der Waals surface area contributed by atoms with Crippen LogP contribution in [0.15, 0.2) is 30.3 Å². The van der Waals surface area contributed by atoms with Crippen LogP contribution in [-0.2, 0) is 0 Å². The first-order valence-electron chi connectivity index (χ1n) is 4.98. The largest absolute Gasteiger partial charge is 0.231 e. The maximum atomic E-state index is 9.02. The van der Waals surface area contributed by atoms with Gasteiger partial charge in [0.15, 0.2) is 17.1 Å². The quantitative estimate of drug-likeness (QED) is 0.744. The summed E-state index contributed by atoms with van der Waals surface area (Å²) in [5.74, 6) is 0. The molecule has 0 aliphatic heterocycles. The minimum absolute atomic E-state index is 0.0387. The van der Waals surface area contributed by atoms with Crippen LogP contribution in [0.25, 0.3) is 11.3 Å². The normalized spacial score (nSPS) is 8.94. The smallest absolute Gasteiger partial charge is 0.178 e. The van der Waals surface area contributed by atoms with E-state index in [0.29, 0.717) is 11.3 Å². The van der Waals surface area contributed by atoms with E-state index in [4.69, 9.17) is 15.8 Å². The summed E-state index contributed by atoms with van der Waals surface area (Å²) >= 11 is 0. The molecule has 82 valence electrons. The molecule has 2 rings (SSSR count). The third-order valence-electron chi connectivity index (χ3n) is 2.26. The van der Waals surface area contributed by atoms with Crippen molar-refractivity contribution >= 4 is 0 Å². The highest BCUT2D eigenvalue weighted by Gasteiger charge is 2.14. The van der Waals surface area contributed by atoms with Gasteiger partial charge in [-0.1, -0.05) is 30.3 Å². The summed E-state index contributed by atoms with van der Waals surface area (Å²) in [5, 5.41) is 26.7. The van der Waals surface area contributed by atoms with Crippen LogP contribution in [0.1, 0.15) is 17.1 Å². The Labute approximate surface area is 103 Å². The number of hydrogen-bond acceptors (Lipinski definition) is 5. The predicted molar refractivity (Wildman–Crippen MR) is 61.6 cm³/mol. The second kappa shape index (κ2) is 4.74. The second-order valence-corrected chi connectivity index (χ2v) is 3.32. The minimum Gasteiger partial charge on any atom is -0.231 e. The van der Waals surface area contributed by atoms with E-state index >= 15 is 0 Å². The summed E-state index contributed by atoms with van der Waals surface area (Å²) in [6, 6.07) is 14.4. The van der Waals surface area contributed by atoms with E-state index in [1.54, 1.807) is 36.4 Å². The number of hydrogen-bond donors (Lipinski definition) is 0. The highest BCUT2D eigenvalue weighted by atomic mass is 14.8. The fourth-order valence-corrected chi connectivity index (χ4v) is 1.47. The van der Waals surface area contributed by atoms with E-state index in [9.17, 15) is 0 Å². The molecule has 0 fully saturated rings. The fraction of sp³-hybridized carbons (Fsp3) is 0. The molecule has 18 heavy (non-hydrogen) atoms. The summed E-state index contributed by atoms with van der Waals surface area (Å²) in [5.41, 5.74) is 0.831. The molecular weight excluding hydrogens is 226 g/mol. The Kier molecular flexibility index (Phi) is 2.96. The molecular formula is C13H5N5. The average Bonchev–Trinajstić information content (AvgIpc) is 2.46. The van der Waals surface area contributed by atoms with Crippen LogP contribution in [0.3, 0.4) is 0 Å². The van der Waals surface area contributed by atoms with Gasteiger partial charge in [-0.05, 0) is 0 Å². The second-order valence-electron chi connectivity index (χ2n) is 3.32. The summed E-state index contributed by atoms with van der Waals surface area (Å²) in [4.78, 5) is 7.88. The van der Waals surface area contributed by atoms with E-state index in [1.165, 1.54) is 0 Å². The molecule has 0 radical (unpaired) electrons. The molecule has 2 aromatic rings. The van der Waals surface area contributed by atoms with Crippen LogP contribution >= 0.6 is 0 Å². The van der Waals surface area contributed by atoms with Crippen LogP contribution in [-0.4, -0.2) is 9.97 Å². The average molecular weight is 231 g/mol. The molecule has 0 unspecified atom stereocenters. The van der Waals surface area contributed by atoms with Crippen LogP contribution in [0.2, 0.25) is 0 Å². The molecule has 0 aliphatic carbocycles. The third kappa shape index (κ3) is 1.87. The van der Waals surface area contributed by atoms with Crippen LogP contribution in [0.5, 0.6) is 0 Å². The Morgan fingerprint density at radius 2 is 1.28 bits per heavy atom. The lowest BCUT2D eigenvalue weighted by atomic mass is 10.1. The first-order valence-corrected chi connectivity index (χ1v) is 4.98. The lowest BCUT2D eigenvalue weighted by Gasteiger charge is -2.03. The van der Waals surface area contributed by atoms with Gasteiger partial charge in [0.25, 0.3) is 0 Å². The predicted octanol–water partition coefficient (Wildman–Crippen LogP) is 1.76. The SMILES string of the molecule is N#Cc1nc(C#N)c(-c2ccccc2)nc1C#N. The van der Waals surface area contributed by atoms with Gasteiger partial charge in [-0.2, -0.15) is 15.8 Å². The highest BCUT2D eigenvalue weighted by Crippen LogP contribution is 2.20. The summed E-state index contributed by atoms with van der Waals surface area (Å²) in [7, 11) is 0. The Morgan fingerprint density at radius 1 is 0.722 bits per heavy atom. The number of benzene rings is 1. The number of nitrogens with zero attached hydrogens (tertiary/aromatic N) is 5. The molecule has 0 saturated carbocycles. The van der Waals surface area contributed by atoms with Gasteiger partial charge in [-0.3, -0.25) is 0 Å². The third-order valence-corrected chi connectivity index (χ3v) is 2.26. The summed E-state index contributed by atoms with van der Waals surface area (Å²) < 4.78 is 0. The van der Waals surface area contributed by atoms with Crippen molar-refractivity contribution in [1.82, 2.24) is 9.97 Å². The van der Waals surface area contributed by atoms with E-state index < -0.39 is 0 Å². The summed E-state index contributed by atoms with van der Waals surface area (Å²) in [6.45, 7) is 0. The maximum absolute atomic E-state index is 9.02. The van der Waals surface area contributed by atoms with Crippen molar-refractivity contribution in [3.8, 4) is 29.5 Å². The zero-order chi connectivity index (χ0) is 13.0. The number of aromatic nitrogens is 2. The van der Waals surface area contributed by atoms with Crippen molar-refractivity contribution in [2.45, 2.75) is 0 Å². The molecule has 1 heterocycles. The molecule has 0 N–H and O–H groups in total. The zero-order valence-electron chi connectivity index (χ0n) is 9.12. The van der Waals surface area contributed by atoms with Crippen LogP contribution in [0, 0.1) is 34.0 Å². The standard InChI is InChI=1S/C13H5N5/c14-6-10-11(7-15)18-13(12(8-16)17-10)9-4-2-1-3-5-9/h1-5H. The van der Waals surface area contributed by atoms with Gasteiger partial charge in [0.05, 0.1) is 0 Å². The van der Waals surface area contributed by atoms with E-state index in [1.807, 2.05) is 12.1 Å². The monoisotopic (exact) mass is 231 g/mol. The van der Waals surface area contributed by atoms with Gasteiger partial charge in [-0.15, -0.1) is 0 Å². The van der Waals surface area contributed by atoms with Crippen LogP contribution < -0.4 is 0 Å². The Bertz CT molecular complexity index is 714. The molecule has 5 heteroatoms. The van der Waals surface area contributed by atoms with Gasteiger partial charge in [0, 0.05) is 5.56 Å². The van der Waals surface area contributed by atoms with Gasteiger partial charge < -0.3 is 0 Å². The highest BCUT2D eigenvalue weighted by molar-refractivity contribution is 5.65. The first-order chi connectivity index (χ1) is 8.80. The molecule has 0 bridgehead atoms. The lowest BCUT2D eigenvalue weighted by molar-refractivity contribution is 1.11. The lowest BCUT2D eigenvalue weighted by Crippen LogP contribution is -2.01. The van der Waals surface area contributed by atoms with Crippen molar-refractivity contribution in [1.29, 1.82) is 15.8 Å². The van der Waals surface area contributed by atoms with Crippen molar-refractivity contribution < 1.29 is 0 Å². The number of nitriles is 3. The maximum Gasteiger partial charge on any atom is 0.178 e. The van der Waals surface area contributed by atoms with Gasteiger partial charge >= 0.3 is 0 Å². The van der Waals surface area contributed by atoms with Gasteiger partial charge in [-0.25, -0.2) is 9.97 Å². The number of rotatable bonds is 1. The van der Waals surface area contributed by atoms with Crippen molar-refractivity contribution in [3.63, 3.8) is 0 Å². The fourth-order valence-electron chi connectivity index (χ4n) is 1.47. The van der Waals surface area contributed by atoms with Crippen molar-refractivity contribution in [2.75, 3.05) is 0 Å².